The molecule has 1 amide bonds. The van der Waals surface area contributed by atoms with Crippen LogP contribution >= 0.6 is 35.0 Å². The number of thioether (sulfide) groups is 1. The number of halogens is 2. The first-order valence-electron chi connectivity index (χ1n) is 9.87. The molecular formula is C24H19Cl2N3O2S. The second-order valence-electron chi connectivity index (χ2n) is 7.00. The Kier molecular flexibility index (Phi) is 7.47. The molecule has 1 aliphatic rings. The number of ether oxygens (including phenoxy) is 1. The minimum absolute atomic E-state index is 0.124. The molecule has 4 rings (SSSR count). The van der Waals surface area contributed by atoms with Gasteiger partial charge in [0.2, 0.25) is 5.91 Å². The number of hydrogen-bond acceptors (Lipinski definition) is 5. The molecule has 1 unspecified atom stereocenters. The average molecular weight is 484 g/mol. The van der Waals surface area contributed by atoms with Crippen LogP contribution in [0.1, 0.15) is 16.7 Å². The Balaban J connectivity index is 1.39. The number of amides is 1. The van der Waals surface area contributed by atoms with Crippen LogP contribution in [0.3, 0.4) is 0 Å². The van der Waals surface area contributed by atoms with Crippen LogP contribution in [0, 0.1) is 0 Å². The van der Waals surface area contributed by atoms with Crippen molar-refractivity contribution in [3.05, 3.63) is 99.5 Å². The molecule has 0 aromatic heterocycles. The molecule has 1 heterocycles. The number of nitrogens with one attached hydrogen (secondary N) is 1. The standard InChI is InChI=1S/C24H19Cl2N3O2S/c25-19-11-10-17(20(26)13-19)12-22-23(30)28-24(32-22)29-27-14-18-8-4-5-9-21(18)31-15-16-6-2-1-3-7-16/h1-11,13-14,22H,12,15H2,(H,28,29,30)/b27-14+. The summed E-state index contributed by atoms with van der Waals surface area (Å²) in [5, 5.41) is 12.3. The summed E-state index contributed by atoms with van der Waals surface area (Å²) in [6.07, 6.45) is 2.09. The van der Waals surface area contributed by atoms with Crippen molar-refractivity contribution in [1.29, 1.82) is 0 Å². The molecule has 0 spiro atoms. The maximum Gasteiger partial charge on any atom is 0.239 e. The predicted molar refractivity (Wildman–Crippen MR) is 132 cm³/mol. The van der Waals surface area contributed by atoms with Gasteiger partial charge in [-0.2, -0.15) is 5.10 Å². The fourth-order valence-electron chi connectivity index (χ4n) is 3.07. The van der Waals surface area contributed by atoms with Crippen molar-refractivity contribution >= 4 is 52.3 Å². The third-order valence-corrected chi connectivity index (χ3v) is 6.36. The zero-order valence-electron chi connectivity index (χ0n) is 16.9. The highest BCUT2D eigenvalue weighted by atomic mass is 35.5. The van der Waals surface area contributed by atoms with Gasteiger partial charge in [0.15, 0.2) is 5.17 Å². The van der Waals surface area contributed by atoms with Gasteiger partial charge in [0.05, 0.1) is 11.5 Å². The van der Waals surface area contributed by atoms with E-state index in [4.69, 9.17) is 27.9 Å². The summed E-state index contributed by atoms with van der Waals surface area (Å²) in [5.41, 5.74) is 2.74. The Morgan fingerprint density at radius 2 is 1.81 bits per heavy atom. The van der Waals surface area contributed by atoms with Gasteiger partial charge < -0.3 is 10.1 Å². The third kappa shape index (κ3) is 5.91. The fraction of sp³-hybridized carbons (Fsp3) is 0.125. The van der Waals surface area contributed by atoms with Gasteiger partial charge >= 0.3 is 0 Å². The first-order chi connectivity index (χ1) is 15.6. The Morgan fingerprint density at radius 3 is 2.62 bits per heavy atom. The molecule has 162 valence electrons. The van der Waals surface area contributed by atoms with Crippen LogP contribution < -0.4 is 10.1 Å². The van der Waals surface area contributed by atoms with Crippen LogP contribution in [0.4, 0.5) is 0 Å². The molecule has 1 atom stereocenters. The minimum atomic E-state index is -0.330. The first kappa shape index (κ1) is 22.4. The number of benzene rings is 3. The summed E-state index contributed by atoms with van der Waals surface area (Å²) in [6, 6.07) is 22.8. The monoisotopic (exact) mass is 483 g/mol. The van der Waals surface area contributed by atoms with Gasteiger partial charge in [-0.15, -0.1) is 5.10 Å². The SMILES string of the molecule is O=C1N/C(=N\N=C\c2ccccc2OCc2ccccc2)SC1Cc1ccc(Cl)cc1Cl. The van der Waals surface area contributed by atoms with Crippen molar-refractivity contribution in [3.63, 3.8) is 0 Å². The minimum Gasteiger partial charge on any atom is -0.488 e. The van der Waals surface area contributed by atoms with Crippen LogP contribution in [0.15, 0.2) is 83.0 Å². The van der Waals surface area contributed by atoms with Crippen LogP contribution in [0.2, 0.25) is 10.0 Å². The van der Waals surface area contributed by atoms with E-state index >= 15 is 0 Å². The van der Waals surface area contributed by atoms with Gasteiger partial charge in [-0.1, -0.05) is 83.5 Å². The molecule has 1 fully saturated rings. The molecular weight excluding hydrogens is 465 g/mol. The van der Waals surface area contributed by atoms with Crippen LogP contribution in [0.25, 0.3) is 0 Å². The van der Waals surface area contributed by atoms with Crippen molar-refractivity contribution in [2.24, 2.45) is 10.2 Å². The van der Waals surface area contributed by atoms with Gasteiger partial charge in [-0.3, -0.25) is 4.79 Å². The highest BCUT2D eigenvalue weighted by Gasteiger charge is 2.31. The number of carbonyl (C=O) groups excluding carboxylic acids is 1. The zero-order valence-corrected chi connectivity index (χ0v) is 19.2. The van der Waals surface area contributed by atoms with E-state index in [0.29, 0.717) is 34.0 Å². The van der Waals surface area contributed by atoms with E-state index in [2.05, 4.69) is 15.5 Å². The number of amidine groups is 1. The average Bonchev–Trinajstić information content (AvgIpc) is 3.14. The number of rotatable bonds is 7. The van der Waals surface area contributed by atoms with Crippen molar-refractivity contribution in [1.82, 2.24) is 5.32 Å². The van der Waals surface area contributed by atoms with Crippen molar-refractivity contribution < 1.29 is 9.53 Å². The topological polar surface area (TPSA) is 63.0 Å². The third-order valence-electron chi connectivity index (χ3n) is 4.70. The molecule has 1 saturated heterocycles. The lowest BCUT2D eigenvalue weighted by molar-refractivity contribution is -0.118. The Hall–Kier alpha value is -2.80. The Morgan fingerprint density at radius 1 is 1.03 bits per heavy atom. The summed E-state index contributed by atoms with van der Waals surface area (Å²) in [6.45, 7) is 0.459. The van der Waals surface area contributed by atoms with E-state index in [1.165, 1.54) is 11.8 Å². The molecule has 0 radical (unpaired) electrons. The molecule has 0 aliphatic carbocycles. The van der Waals surface area contributed by atoms with Gasteiger partial charge in [0.1, 0.15) is 12.4 Å². The van der Waals surface area contributed by atoms with Crippen LogP contribution in [-0.4, -0.2) is 22.5 Å². The van der Waals surface area contributed by atoms with Gasteiger partial charge in [-0.25, -0.2) is 0 Å². The van der Waals surface area contributed by atoms with Gasteiger partial charge in [-0.05, 0) is 41.8 Å². The Bertz CT molecular complexity index is 1170. The molecule has 32 heavy (non-hydrogen) atoms. The molecule has 0 bridgehead atoms. The highest BCUT2D eigenvalue weighted by Crippen LogP contribution is 2.28. The summed E-state index contributed by atoms with van der Waals surface area (Å²) < 4.78 is 5.93. The zero-order chi connectivity index (χ0) is 22.3. The highest BCUT2D eigenvalue weighted by molar-refractivity contribution is 8.15. The maximum absolute atomic E-state index is 12.3. The second-order valence-corrected chi connectivity index (χ2v) is 9.03. The number of nitrogens with zero attached hydrogens (tertiary/aromatic N) is 2. The lowest BCUT2D eigenvalue weighted by Crippen LogP contribution is -2.26. The summed E-state index contributed by atoms with van der Waals surface area (Å²) in [7, 11) is 0. The number of carbonyl (C=O) groups is 1. The lowest BCUT2D eigenvalue weighted by atomic mass is 10.1. The van der Waals surface area contributed by atoms with Gasteiger partial charge in [0, 0.05) is 15.6 Å². The number of hydrogen-bond donors (Lipinski definition) is 1. The fourth-order valence-corrected chi connectivity index (χ4v) is 4.51. The van der Waals surface area contributed by atoms with Crippen LogP contribution in [0.5, 0.6) is 5.75 Å². The van der Waals surface area contributed by atoms with E-state index in [1.807, 2.05) is 60.7 Å². The largest absolute Gasteiger partial charge is 0.488 e. The number of para-hydroxylation sites is 1. The predicted octanol–water partition coefficient (Wildman–Crippen LogP) is 5.74. The molecule has 3 aromatic rings. The van der Waals surface area contributed by atoms with Gasteiger partial charge in [0.25, 0.3) is 0 Å². The maximum atomic E-state index is 12.3. The molecule has 5 nitrogen and oxygen atoms in total. The second kappa shape index (κ2) is 10.7. The summed E-state index contributed by atoms with van der Waals surface area (Å²) in [4.78, 5) is 12.3. The molecule has 1 N–H and O–H groups in total. The normalized spacial score (nSPS) is 17.1. The lowest BCUT2D eigenvalue weighted by Gasteiger charge is -2.08. The van der Waals surface area contributed by atoms with E-state index in [-0.39, 0.29) is 11.2 Å². The Labute approximate surface area is 200 Å². The van der Waals surface area contributed by atoms with Crippen LogP contribution in [-0.2, 0) is 17.8 Å². The summed E-state index contributed by atoms with van der Waals surface area (Å²) in [5.74, 6) is 0.584. The molecule has 1 aliphatic heterocycles. The van der Waals surface area contributed by atoms with Crippen molar-refractivity contribution in [3.8, 4) is 5.75 Å². The van der Waals surface area contributed by atoms with E-state index in [1.54, 1.807) is 18.3 Å². The van der Waals surface area contributed by atoms with Crippen molar-refractivity contribution in [2.45, 2.75) is 18.3 Å². The van der Waals surface area contributed by atoms with E-state index in [0.717, 1.165) is 16.7 Å². The quantitative estimate of drug-likeness (QED) is 0.344. The summed E-state index contributed by atoms with van der Waals surface area (Å²) >= 11 is 13.5. The molecule has 0 saturated carbocycles. The molecule has 8 heteroatoms. The van der Waals surface area contributed by atoms with E-state index in [9.17, 15) is 4.79 Å². The smallest absolute Gasteiger partial charge is 0.239 e. The van der Waals surface area contributed by atoms with Crippen molar-refractivity contribution in [2.75, 3.05) is 0 Å². The molecule has 3 aromatic carbocycles. The van der Waals surface area contributed by atoms with E-state index < -0.39 is 0 Å². The first-order valence-corrected chi connectivity index (χ1v) is 11.5.